The molecule has 1 aliphatic rings. The summed E-state index contributed by atoms with van der Waals surface area (Å²) in [6, 6.07) is 5.16. The smallest absolute Gasteiger partial charge is 0.128 e. The Morgan fingerprint density at radius 1 is 1.37 bits per heavy atom. The molecule has 1 unspecified atom stereocenters. The van der Waals surface area contributed by atoms with Crippen LogP contribution >= 0.6 is 15.9 Å². The molecule has 4 heteroatoms. The van der Waals surface area contributed by atoms with E-state index in [1.54, 1.807) is 6.07 Å². The largest absolute Gasteiger partial charge is 0.310 e. The molecule has 1 aliphatic heterocycles. The lowest BCUT2D eigenvalue weighted by atomic mass is 10.1. The molecule has 0 amide bonds. The molecular formula is C15H22BrFN2. The Morgan fingerprint density at radius 3 is 2.84 bits per heavy atom. The van der Waals surface area contributed by atoms with E-state index in [1.807, 2.05) is 13.0 Å². The molecule has 0 radical (unpaired) electrons. The maximum absolute atomic E-state index is 13.7. The molecule has 1 atom stereocenters. The van der Waals surface area contributed by atoms with Crippen LogP contribution in [0.15, 0.2) is 22.7 Å². The van der Waals surface area contributed by atoms with Gasteiger partial charge in [-0.05, 0) is 70.6 Å². The van der Waals surface area contributed by atoms with Gasteiger partial charge in [0.05, 0.1) is 0 Å². The predicted molar refractivity (Wildman–Crippen MR) is 80.8 cm³/mol. The molecule has 0 spiro atoms. The van der Waals surface area contributed by atoms with Crippen molar-refractivity contribution in [3.63, 3.8) is 0 Å². The third-order valence-corrected chi connectivity index (χ3v) is 4.22. The second kappa shape index (κ2) is 7.36. The van der Waals surface area contributed by atoms with Gasteiger partial charge in [0.1, 0.15) is 5.82 Å². The molecule has 1 aromatic carbocycles. The van der Waals surface area contributed by atoms with Crippen LogP contribution in [-0.4, -0.2) is 31.1 Å². The summed E-state index contributed by atoms with van der Waals surface area (Å²) in [5.41, 5.74) is 0.732. The van der Waals surface area contributed by atoms with Crippen LogP contribution in [0.3, 0.4) is 0 Å². The average molecular weight is 329 g/mol. The highest BCUT2D eigenvalue weighted by atomic mass is 79.9. The standard InChI is InChI=1S/C15H22BrFN2/c1-12(14-11-13(16)5-6-15(14)17)18-7-4-10-19-8-2-3-9-19/h5-6,11-12,18H,2-4,7-10H2,1H3. The lowest BCUT2D eigenvalue weighted by Gasteiger charge is -2.18. The Kier molecular flexibility index (Phi) is 5.79. The number of likely N-dealkylation sites (tertiary alicyclic amines) is 1. The number of hydrogen-bond donors (Lipinski definition) is 1. The minimum absolute atomic E-state index is 0.0519. The Bertz CT molecular complexity index is 405. The summed E-state index contributed by atoms with van der Waals surface area (Å²) in [6.45, 7) is 6.59. The Labute approximate surface area is 123 Å². The van der Waals surface area contributed by atoms with Crippen LogP contribution in [0.5, 0.6) is 0 Å². The quantitative estimate of drug-likeness (QED) is 0.800. The fraction of sp³-hybridized carbons (Fsp3) is 0.600. The van der Waals surface area contributed by atoms with Gasteiger partial charge in [0, 0.05) is 16.1 Å². The minimum Gasteiger partial charge on any atom is -0.310 e. The van der Waals surface area contributed by atoms with Crippen molar-refractivity contribution in [1.29, 1.82) is 0 Å². The van der Waals surface area contributed by atoms with E-state index in [1.165, 1.54) is 32.0 Å². The molecule has 1 fully saturated rings. The maximum atomic E-state index is 13.7. The third kappa shape index (κ3) is 4.55. The Balaban J connectivity index is 1.74. The molecule has 1 heterocycles. The van der Waals surface area contributed by atoms with Crippen LogP contribution in [-0.2, 0) is 0 Å². The number of halogens is 2. The van der Waals surface area contributed by atoms with E-state index in [-0.39, 0.29) is 11.9 Å². The van der Waals surface area contributed by atoms with Crippen molar-refractivity contribution >= 4 is 15.9 Å². The van der Waals surface area contributed by atoms with E-state index < -0.39 is 0 Å². The topological polar surface area (TPSA) is 15.3 Å². The van der Waals surface area contributed by atoms with Gasteiger partial charge >= 0.3 is 0 Å². The first-order valence-electron chi connectivity index (χ1n) is 7.07. The summed E-state index contributed by atoms with van der Waals surface area (Å²) in [6.07, 6.45) is 3.81. The Hall–Kier alpha value is -0.450. The van der Waals surface area contributed by atoms with E-state index in [4.69, 9.17) is 0 Å². The van der Waals surface area contributed by atoms with E-state index in [2.05, 4.69) is 26.1 Å². The van der Waals surface area contributed by atoms with Gasteiger partial charge in [-0.1, -0.05) is 15.9 Å². The van der Waals surface area contributed by atoms with Gasteiger partial charge in [-0.2, -0.15) is 0 Å². The zero-order chi connectivity index (χ0) is 13.7. The third-order valence-electron chi connectivity index (χ3n) is 3.72. The molecule has 0 aromatic heterocycles. The molecule has 1 N–H and O–H groups in total. The van der Waals surface area contributed by atoms with Crippen LogP contribution in [0.1, 0.15) is 37.8 Å². The van der Waals surface area contributed by atoms with E-state index in [9.17, 15) is 4.39 Å². The predicted octanol–water partition coefficient (Wildman–Crippen LogP) is 3.72. The van der Waals surface area contributed by atoms with E-state index in [0.29, 0.717) is 0 Å². The van der Waals surface area contributed by atoms with Gasteiger partial charge < -0.3 is 10.2 Å². The highest BCUT2D eigenvalue weighted by Crippen LogP contribution is 2.21. The highest BCUT2D eigenvalue weighted by molar-refractivity contribution is 9.10. The van der Waals surface area contributed by atoms with E-state index in [0.717, 1.165) is 29.5 Å². The monoisotopic (exact) mass is 328 g/mol. The van der Waals surface area contributed by atoms with Crippen molar-refractivity contribution in [1.82, 2.24) is 10.2 Å². The normalized spacial score (nSPS) is 17.8. The second-order valence-corrected chi connectivity index (χ2v) is 6.16. The summed E-state index contributed by atoms with van der Waals surface area (Å²) < 4.78 is 14.6. The van der Waals surface area contributed by atoms with Gasteiger partial charge in [0.25, 0.3) is 0 Å². The summed E-state index contributed by atoms with van der Waals surface area (Å²) >= 11 is 3.39. The number of rotatable bonds is 6. The van der Waals surface area contributed by atoms with Crippen molar-refractivity contribution in [3.8, 4) is 0 Å². The minimum atomic E-state index is -0.136. The number of hydrogen-bond acceptors (Lipinski definition) is 2. The summed E-state index contributed by atoms with van der Waals surface area (Å²) in [5.74, 6) is -0.136. The zero-order valence-electron chi connectivity index (χ0n) is 11.5. The van der Waals surface area contributed by atoms with Crippen molar-refractivity contribution in [2.45, 2.75) is 32.2 Å². The highest BCUT2D eigenvalue weighted by Gasteiger charge is 2.12. The molecule has 1 saturated heterocycles. The van der Waals surface area contributed by atoms with Crippen LogP contribution in [0, 0.1) is 5.82 Å². The van der Waals surface area contributed by atoms with Crippen LogP contribution in [0.4, 0.5) is 4.39 Å². The molecule has 0 aliphatic carbocycles. The Morgan fingerprint density at radius 2 is 2.11 bits per heavy atom. The average Bonchev–Trinajstić information content (AvgIpc) is 2.90. The lowest BCUT2D eigenvalue weighted by Crippen LogP contribution is -2.26. The molecule has 1 aromatic rings. The van der Waals surface area contributed by atoms with Crippen molar-refractivity contribution in [3.05, 3.63) is 34.1 Å². The molecule has 0 bridgehead atoms. The van der Waals surface area contributed by atoms with Crippen molar-refractivity contribution in [2.75, 3.05) is 26.2 Å². The number of nitrogens with one attached hydrogen (secondary N) is 1. The van der Waals surface area contributed by atoms with E-state index >= 15 is 0 Å². The molecule has 0 saturated carbocycles. The lowest BCUT2D eigenvalue weighted by molar-refractivity contribution is 0.328. The van der Waals surface area contributed by atoms with Gasteiger partial charge in [-0.3, -0.25) is 0 Å². The number of benzene rings is 1. The first kappa shape index (κ1) is 14.9. The molecule has 2 nitrogen and oxygen atoms in total. The number of nitrogens with zero attached hydrogens (tertiary/aromatic N) is 1. The van der Waals surface area contributed by atoms with Crippen LogP contribution in [0.2, 0.25) is 0 Å². The van der Waals surface area contributed by atoms with Gasteiger partial charge in [-0.15, -0.1) is 0 Å². The second-order valence-electron chi connectivity index (χ2n) is 5.24. The summed E-state index contributed by atoms with van der Waals surface area (Å²) in [4.78, 5) is 2.51. The van der Waals surface area contributed by atoms with Crippen LogP contribution < -0.4 is 5.32 Å². The van der Waals surface area contributed by atoms with Gasteiger partial charge in [-0.25, -0.2) is 4.39 Å². The van der Waals surface area contributed by atoms with Crippen molar-refractivity contribution < 1.29 is 4.39 Å². The fourth-order valence-corrected chi connectivity index (χ4v) is 2.96. The molecule has 19 heavy (non-hydrogen) atoms. The van der Waals surface area contributed by atoms with Gasteiger partial charge in [0.2, 0.25) is 0 Å². The van der Waals surface area contributed by atoms with Crippen molar-refractivity contribution in [2.24, 2.45) is 0 Å². The van der Waals surface area contributed by atoms with Crippen LogP contribution in [0.25, 0.3) is 0 Å². The maximum Gasteiger partial charge on any atom is 0.128 e. The first-order chi connectivity index (χ1) is 9.16. The SMILES string of the molecule is CC(NCCCN1CCCC1)c1cc(Br)ccc1F. The summed E-state index contributed by atoms with van der Waals surface area (Å²) in [5, 5.41) is 3.40. The fourth-order valence-electron chi connectivity index (χ4n) is 2.58. The first-order valence-corrected chi connectivity index (χ1v) is 7.87. The molecular weight excluding hydrogens is 307 g/mol. The molecule has 2 rings (SSSR count). The van der Waals surface area contributed by atoms with Gasteiger partial charge in [0.15, 0.2) is 0 Å². The molecule has 106 valence electrons. The summed E-state index contributed by atoms with van der Waals surface area (Å²) in [7, 11) is 0. The zero-order valence-corrected chi connectivity index (χ0v) is 13.0.